The zero-order valence-electron chi connectivity index (χ0n) is 20.0. The lowest BCUT2D eigenvalue weighted by Gasteiger charge is -2.42. The minimum Gasteiger partial charge on any atom is -0.493 e. The lowest BCUT2D eigenvalue weighted by Crippen LogP contribution is -2.44. The largest absolute Gasteiger partial charge is 0.493 e. The van der Waals surface area contributed by atoms with Gasteiger partial charge >= 0.3 is 0 Å². The molecule has 0 fully saturated rings. The zero-order chi connectivity index (χ0) is 24.4. The van der Waals surface area contributed by atoms with E-state index in [9.17, 15) is 4.79 Å². The maximum atomic E-state index is 12.8. The first kappa shape index (κ1) is 23.1. The Kier molecular flexibility index (Phi) is 6.51. The summed E-state index contributed by atoms with van der Waals surface area (Å²) in [5.74, 6) is 2.50. The second kappa shape index (κ2) is 9.88. The third-order valence-electron chi connectivity index (χ3n) is 6.80. The molecule has 182 valence electrons. The Morgan fingerprint density at radius 1 is 1.00 bits per heavy atom. The number of benzene rings is 3. The number of primary amides is 1. The van der Waals surface area contributed by atoms with Crippen LogP contribution in [-0.4, -0.2) is 44.8 Å². The van der Waals surface area contributed by atoms with E-state index in [0.29, 0.717) is 37.7 Å². The predicted octanol–water partition coefficient (Wildman–Crippen LogP) is 3.84. The van der Waals surface area contributed by atoms with Gasteiger partial charge in [0.25, 0.3) is 0 Å². The van der Waals surface area contributed by atoms with Crippen molar-refractivity contribution in [3.8, 4) is 23.0 Å². The van der Waals surface area contributed by atoms with Crippen LogP contribution in [-0.2, 0) is 17.6 Å². The molecule has 2 unspecified atom stereocenters. The summed E-state index contributed by atoms with van der Waals surface area (Å²) in [5.41, 5.74) is 10.3. The molecule has 2 atom stereocenters. The summed E-state index contributed by atoms with van der Waals surface area (Å²) in [6.45, 7) is 1.75. The van der Waals surface area contributed by atoms with Crippen LogP contribution in [0.4, 0.5) is 0 Å². The zero-order valence-corrected chi connectivity index (χ0v) is 20.0. The monoisotopic (exact) mass is 474 g/mol. The maximum Gasteiger partial charge on any atom is 0.239 e. The molecule has 0 bridgehead atoms. The quantitative estimate of drug-likeness (QED) is 0.560. The fraction of sp³-hybridized carbons (Fsp3) is 0.321. The maximum absolute atomic E-state index is 12.8. The molecule has 7 nitrogen and oxygen atoms in total. The third kappa shape index (κ3) is 4.51. The van der Waals surface area contributed by atoms with Crippen LogP contribution in [0, 0.1) is 0 Å². The van der Waals surface area contributed by atoms with Gasteiger partial charge in [-0.1, -0.05) is 36.4 Å². The minimum atomic E-state index is -0.553. The second-order valence-electron chi connectivity index (χ2n) is 8.81. The van der Waals surface area contributed by atoms with Gasteiger partial charge < -0.3 is 24.7 Å². The molecular formula is C28H30N2O5. The van der Waals surface area contributed by atoms with E-state index in [0.717, 1.165) is 34.6 Å². The van der Waals surface area contributed by atoms with Crippen molar-refractivity contribution in [2.24, 2.45) is 5.73 Å². The van der Waals surface area contributed by atoms with Crippen LogP contribution in [0.5, 0.6) is 23.0 Å². The number of amides is 1. The van der Waals surface area contributed by atoms with Crippen molar-refractivity contribution in [3.05, 3.63) is 82.9 Å². The number of fused-ring (bicyclic) bond motifs is 2. The molecule has 2 heterocycles. The number of nitrogens with two attached hydrogens (primary N) is 1. The molecule has 0 aromatic heterocycles. The number of ether oxygens (including phenoxy) is 4. The summed E-state index contributed by atoms with van der Waals surface area (Å²) in [6, 6.07) is 19.2. The van der Waals surface area contributed by atoms with Gasteiger partial charge in [0.2, 0.25) is 5.91 Å². The fourth-order valence-electron chi connectivity index (χ4n) is 5.18. The van der Waals surface area contributed by atoms with Crippen LogP contribution < -0.4 is 24.7 Å². The number of nitrogens with zero attached hydrogens (tertiary/aromatic N) is 1. The van der Waals surface area contributed by atoms with E-state index in [4.69, 9.17) is 24.7 Å². The minimum absolute atomic E-state index is 0.106. The van der Waals surface area contributed by atoms with Crippen LogP contribution in [0.2, 0.25) is 0 Å². The average molecular weight is 475 g/mol. The number of methoxy groups -OCH3 is 2. The van der Waals surface area contributed by atoms with Gasteiger partial charge in [-0.2, -0.15) is 0 Å². The van der Waals surface area contributed by atoms with Crippen LogP contribution in [0.3, 0.4) is 0 Å². The van der Waals surface area contributed by atoms with Gasteiger partial charge in [0.1, 0.15) is 19.3 Å². The van der Waals surface area contributed by atoms with Gasteiger partial charge in [0.15, 0.2) is 23.0 Å². The van der Waals surface area contributed by atoms with Gasteiger partial charge in [0, 0.05) is 12.6 Å². The van der Waals surface area contributed by atoms with Crippen molar-refractivity contribution in [2.45, 2.75) is 24.9 Å². The highest BCUT2D eigenvalue weighted by Crippen LogP contribution is 2.44. The molecular weight excluding hydrogens is 444 g/mol. The van der Waals surface area contributed by atoms with Crippen LogP contribution in [0.15, 0.2) is 60.7 Å². The standard InChI is InChI=1S/C28H30N2O5/c1-32-23-9-8-18(15-24(23)33-2)14-22-21-17-26-25(34-12-13-35-26)16-20(21)10-11-30(22)27(28(29)31)19-6-4-3-5-7-19/h3-9,15-17,22,27H,10-14H2,1-2H3,(H2,29,31). The van der Waals surface area contributed by atoms with Crippen molar-refractivity contribution in [1.82, 2.24) is 4.90 Å². The Hall–Kier alpha value is -3.71. The first-order chi connectivity index (χ1) is 17.1. The van der Waals surface area contributed by atoms with Gasteiger partial charge in [-0.25, -0.2) is 0 Å². The molecule has 0 spiro atoms. The fourth-order valence-corrected chi connectivity index (χ4v) is 5.18. The highest BCUT2D eigenvalue weighted by molar-refractivity contribution is 5.81. The molecule has 3 aromatic rings. The summed E-state index contributed by atoms with van der Waals surface area (Å²) in [5, 5.41) is 0. The lowest BCUT2D eigenvalue weighted by atomic mass is 9.86. The Morgan fingerprint density at radius 3 is 2.40 bits per heavy atom. The summed E-state index contributed by atoms with van der Waals surface area (Å²) in [7, 11) is 3.26. The molecule has 3 aromatic carbocycles. The summed E-state index contributed by atoms with van der Waals surface area (Å²) in [6.07, 6.45) is 1.44. The SMILES string of the molecule is COc1ccc(CC2c3cc4c(cc3CCN2C(C(N)=O)c2ccccc2)OCCO4)cc1OC. The van der Waals surface area contributed by atoms with Gasteiger partial charge in [-0.15, -0.1) is 0 Å². The molecule has 1 amide bonds. The van der Waals surface area contributed by atoms with Crippen molar-refractivity contribution >= 4 is 5.91 Å². The third-order valence-corrected chi connectivity index (χ3v) is 6.80. The van der Waals surface area contributed by atoms with E-state index in [1.165, 1.54) is 5.56 Å². The van der Waals surface area contributed by atoms with E-state index < -0.39 is 6.04 Å². The Bertz CT molecular complexity index is 1210. The smallest absolute Gasteiger partial charge is 0.239 e. The van der Waals surface area contributed by atoms with E-state index in [-0.39, 0.29) is 11.9 Å². The number of carbonyl (C=O) groups excluding carboxylic acids is 1. The van der Waals surface area contributed by atoms with Crippen molar-refractivity contribution < 1.29 is 23.7 Å². The molecule has 5 rings (SSSR count). The van der Waals surface area contributed by atoms with Gasteiger partial charge in [-0.05, 0) is 59.4 Å². The Morgan fingerprint density at radius 2 is 1.71 bits per heavy atom. The van der Waals surface area contributed by atoms with E-state index >= 15 is 0 Å². The number of hydrogen-bond acceptors (Lipinski definition) is 6. The van der Waals surface area contributed by atoms with Crippen LogP contribution >= 0.6 is 0 Å². The van der Waals surface area contributed by atoms with Gasteiger partial charge in [-0.3, -0.25) is 9.69 Å². The van der Waals surface area contributed by atoms with Crippen molar-refractivity contribution in [2.75, 3.05) is 34.0 Å². The van der Waals surface area contributed by atoms with E-state index in [1.54, 1.807) is 14.2 Å². The molecule has 0 radical (unpaired) electrons. The molecule has 2 aliphatic heterocycles. The molecule has 7 heteroatoms. The van der Waals surface area contributed by atoms with Crippen LogP contribution in [0.1, 0.15) is 34.3 Å². The number of rotatable bonds is 7. The Balaban J connectivity index is 1.60. The molecule has 2 aliphatic rings. The van der Waals surface area contributed by atoms with Crippen molar-refractivity contribution in [1.29, 1.82) is 0 Å². The molecule has 2 N–H and O–H groups in total. The summed E-state index contributed by atoms with van der Waals surface area (Å²) >= 11 is 0. The Labute approximate surface area is 205 Å². The summed E-state index contributed by atoms with van der Waals surface area (Å²) < 4.78 is 22.7. The first-order valence-electron chi connectivity index (χ1n) is 11.8. The van der Waals surface area contributed by atoms with E-state index in [1.807, 2.05) is 48.5 Å². The lowest BCUT2D eigenvalue weighted by molar-refractivity contribution is -0.124. The molecule has 0 aliphatic carbocycles. The molecule has 35 heavy (non-hydrogen) atoms. The van der Waals surface area contributed by atoms with E-state index in [2.05, 4.69) is 17.0 Å². The van der Waals surface area contributed by atoms with Crippen molar-refractivity contribution in [3.63, 3.8) is 0 Å². The summed E-state index contributed by atoms with van der Waals surface area (Å²) in [4.78, 5) is 15.0. The first-order valence-corrected chi connectivity index (χ1v) is 11.8. The highest BCUT2D eigenvalue weighted by Gasteiger charge is 2.37. The molecule has 0 saturated heterocycles. The average Bonchev–Trinajstić information content (AvgIpc) is 2.89. The van der Waals surface area contributed by atoms with Crippen LogP contribution in [0.25, 0.3) is 0 Å². The highest BCUT2D eigenvalue weighted by atomic mass is 16.6. The van der Waals surface area contributed by atoms with Gasteiger partial charge in [0.05, 0.1) is 14.2 Å². The number of carbonyl (C=O) groups is 1. The normalized spacial score (nSPS) is 17.8. The predicted molar refractivity (Wildman–Crippen MR) is 132 cm³/mol. The topological polar surface area (TPSA) is 83.3 Å². The number of hydrogen-bond donors (Lipinski definition) is 1. The second-order valence-corrected chi connectivity index (χ2v) is 8.81. The molecule has 0 saturated carbocycles.